The Hall–Kier alpha value is -0.610. The van der Waals surface area contributed by atoms with Crippen LogP contribution in [0.1, 0.15) is 33.6 Å². The van der Waals surface area contributed by atoms with Gasteiger partial charge in [-0.1, -0.05) is 13.8 Å². The summed E-state index contributed by atoms with van der Waals surface area (Å²) in [6.45, 7) is 7.56. The van der Waals surface area contributed by atoms with Gasteiger partial charge in [0, 0.05) is 12.6 Å². The zero-order valence-electron chi connectivity index (χ0n) is 10.3. The van der Waals surface area contributed by atoms with Gasteiger partial charge in [0.05, 0.1) is 0 Å². The number of hydrogen-bond donors (Lipinski definition) is 2. The number of carbonyl (C=O) groups is 1. The number of carboxylic acid groups (broad SMARTS) is 1. The fourth-order valence-corrected chi connectivity index (χ4v) is 1.33. The normalized spacial score (nSPS) is 15.3. The molecule has 0 saturated heterocycles. The molecule has 0 amide bonds. The molecule has 0 aliphatic carbocycles. The van der Waals surface area contributed by atoms with Gasteiger partial charge in [-0.15, -0.1) is 0 Å². The Kier molecular flexibility index (Phi) is 7.34. The summed E-state index contributed by atoms with van der Waals surface area (Å²) in [6.07, 6.45) is 1.99. The summed E-state index contributed by atoms with van der Waals surface area (Å²) in [7, 11) is 1.97. The molecule has 2 N–H and O–H groups in total. The zero-order chi connectivity index (χ0) is 11.8. The highest BCUT2D eigenvalue weighted by atomic mass is 16.4. The second-order valence-corrected chi connectivity index (χ2v) is 4.04. The first-order valence-corrected chi connectivity index (χ1v) is 5.69. The van der Waals surface area contributed by atoms with E-state index in [1.165, 1.54) is 0 Å². The number of nitrogens with one attached hydrogen (secondary N) is 1. The first kappa shape index (κ1) is 14.4. The van der Waals surface area contributed by atoms with Crippen molar-refractivity contribution in [3.8, 4) is 0 Å². The van der Waals surface area contributed by atoms with Crippen molar-refractivity contribution in [1.29, 1.82) is 0 Å². The Balaban J connectivity index is 4.09. The third-order valence-corrected chi connectivity index (χ3v) is 2.75. The molecule has 0 spiro atoms. The molecule has 0 rings (SSSR count). The lowest BCUT2D eigenvalue weighted by atomic mass is 10.2. The third-order valence-electron chi connectivity index (χ3n) is 2.75. The Bertz CT molecular complexity index is 185. The lowest BCUT2D eigenvalue weighted by Gasteiger charge is -2.27. The van der Waals surface area contributed by atoms with Crippen molar-refractivity contribution < 1.29 is 9.90 Å². The number of nitrogens with zero attached hydrogens (tertiary/aromatic N) is 1. The molecule has 0 heterocycles. The summed E-state index contributed by atoms with van der Waals surface area (Å²) in [5, 5.41) is 12.1. The van der Waals surface area contributed by atoms with E-state index in [0.717, 1.165) is 19.4 Å². The molecule has 0 saturated carbocycles. The van der Waals surface area contributed by atoms with Crippen LogP contribution in [0.5, 0.6) is 0 Å². The molecule has 0 aliphatic rings. The maximum Gasteiger partial charge on any atom is 0.322 e. The van der Waals surface area contributed by atoms with Crippen LogP contribution < -0.4 is 5.32 Å². The number of rotatable bonds is 8. The van der Waals surface area contributed by atoms with Crippen molar-refractivity contribution in [2.24, 2.45) is 0 Å². The topological polar surface area (TPSA) is 52.6 Å². The standard InChI is InChI=1S/C11H24N2O2/c1-5-7-12-10(11(14)15)8-13(4)9(3)6-2/h9-10,12H,5-8H2,1-4H3,(H,14,15). The molecule has 15 heavy (non-hydrogen) atoms. The SMILES string of the molecule is CCCNC(CN(C)C(C)CC)C(=O)O. The molecule has 0 aromatic carbocycles. The quantitative estimate of drug-likeness (QED) is 0.639. The van der Waals surface area contributed by atoms with Crippen molar-refractivity contribution in [3.63, 3.8) is 0 Å². The first-order chi connectivity index (χ1) is 7.02. The molecule has 90 valence electrons. The number of carboxylic acids is 1. The summed E-state index contributed by atoms with van der Waals surface area (Å²) >= 11 is 0. The second kappa shape index (κ2) is 7.65. The highest BCUT2D eigenvalue weighted by Gasteiger charge is 2.20. The largest absolute Gasteiger partial charge is 0.480 e. The van der Waals surface area contributed by atoms with E-state index in [2.05, 4.69) is 24.1 Å². The van der Waals surface area contributed by atoms with Crippen LogP contribution in [0.4, 0.5) is 0 Å². The Morgan fingerprint density at radius 1 is 1.47 bits per heavy atom. The summed E-state index contributed by atoms with van der Waals surface area (Å²) < 4.78 is 0. The Morgan fingerprint density at radius 3 is 2.47 bits per heavy atom. The van der Waals surface area contributed by atoms with Crippen molar-refractivity contribution in [2.45, 2.75) is 45.7 Å². The van der Waals surface area contributed by atoms with E-state index in [9.17, 15) is 4.79 Å². The van der Waals surface area contributed by atoms with E-state index in [-0.39, 0.29) is 0 Å². The summed E-state index contributed by atoms with van der Waals surface area (Å²) in [5.74, 6) is -0.765. The minimum Gasteiger partial charge on any atom is -0.480 e. The van der Waals surface area contributed by atoms with Crippen molar-refractivity contribution in [3.05, 3.63) is 0 Å². The van der Waals surface area contributed by atoms with Crippen molar-refractivity contribution in [1.82, 2.24) is 10.2 Å². The van der Waals surface area contributed by atoms with Crippen molar-refractivity contribution in [2.75, 3.05) is 20.1 Å². The number of likely N-dealkylation sites (N-methyl/N-ethyl adjacent to an activating group) is 1. The average molecular weight is 216 g/mol. The van der Waals surface area contributed by atoms with Crippen LogP contribution in [-0.4, -0.2) is 48.2 Å². The molecule has 0 aliphatic heterocycles. The van der Waals surface area contributed by atoms with E-state index in [1.807, 2.05) is 14.0 Å². The van der Waals surface area contributed by atoms with Gasteiger partial charge in [0.1, 0.15) is 6.04 Å². The monoisotopic (exact) mass is 216 g/mol. The van der Waals surface area contributed by atoms with E-state index < -0.39 is 12.0 Å². The van der Waals surface area contributed by atoms with E-state index in [1.54, 1.807) is 0 Å². The second-order valence-electron chi connectivity index (χ2n) is 4.04. The van der Waals surface area contributed by atoms with Gasteiger partial charge in [0.2, 0.25) is 0 Å². The maximum atomic E-state index is 11.0. The molecule has 0 fully saturated rings. The molecule has 2 unspecified atom stereocenters. The molecule has 4 heteroatoms. The smallest absolute Gasteiger partial charge is 0.322 e. The minimum absolute atomic E-state index is 0.426. The predicted octanol–water partition coefficient (Wildman–Crippen LogP) is 1.17. The fraction of sp³-hybridized carbons (Fsp3) is 0.909. The lowest BCUT2D eigenvalue weighted by molar-refractivity contribution is -0.140. The minimum atomic E-state index is -0.765. The number of aliphatic carboxylic acids is 1. The molecule has 2 atom stereocenters. The molecule has 4 nitrogen and oxygen atoms in total. The Morgan fingerprint density at radius 2 is 2.07 bits per heavy atom. The van der Waals surface area contributed by atoms with Crippen LogP contribution in [0, 0.1) is 0 Å². The van der Waals surface area contributed by atoms with Gasteiger partial charge < -0.3 is 15.3 Å². The molecule has 0 radical (unpaired) electrons. The molecule has 0 bridgehead atoms. The van der Waals surface area contributed by atoms with Crippen molar-refractivity contribution >= 4 is 5.97 Å². The van der Waals surface area contributed by atoms with Gasteiger partial charge in [0.15, 0.2) is 0 Å². The van der Waals surface area contributed by atoms with Gasteiger partial charge in [-0.2, -0.15) is 0 Å². The zero-order valence-corrected chi connectivity index (χ0v) is 10.3. The molecule has 0 aromatic rings. The van der Waals surface area contributed by atoms with Gasteiger partial charge in [-0.05, 0) is 33.4 Å². The van der Waals surface area contributed by atoms with Crippen LogP contribution in [-0.2, 0) is 4.79 Å². The van der Waals surface area contributed by atoms with Crippen LogP contribution >= 0.6 is 0 Å². The summed E-state index contributed by atoms with van der Waals surface area (Å²) in [4.78, 5) is 13.0. The first-order valence-electron chi connectivity index (χ1n) is 5.69. The molecular formula is C11H24N2O2. The van der Waals surface area contributed by atoms with Crippen LogP contribution in [0.2, 0.25) is 0 Å². The average Bonchev–Trinajstić information content (AvgIpc) is 2.22. The van der Waals surface area contributed by atoms with Crippen LogP contribution in [0.3, 0.4) is 0 Å². The summed E-state index contributed by atoms with van der Waals surface area (Å²) in [6, 6.07) is -0.0285. The fourth-order valence-electron chi connectivity index (χ4n) is 1.33. The summed E-state index contributed by atoms with van der Waals surface area (Å²) in [5.41, 5.74) is 0. The lowest BCUT2D eigenvalue weighted by Crippen LogP contribution is -2.47. The Labute approximate surface area is 92.7 Å². The third kappa shape index (κ3) is 5.74. The molecular weight excluding hydrogens is 192 g/mol. The van der Waals surface area contributed by atoms with E-state index in [4.69, 9.17) is 5.11 Å². The van der Waals surface area contributed by atoms with E-state index >= 15 is 0 Å². The van der Waals surface area contributed by atoms with Gasteiger partial charge in [0.25, 0.3) is 0 Å². The molecule has 0 aromatic heterocycles. The van der Waals surface area contributed by atoms with E-state index in [0.29, 0.717) is 12.6 Å². The van der Waals surface area contributed by atoms with Gasteiger partial charge in [-0.25, -0.2) is 0 Å². The van der Waals surface area contributed by atoms with Crippen LogP contribution in [0.25, 0.3) is 0 Å². The highest BCUT2D eigenvalue weighted by Crippen LogP contribution is 2.01. The predicted molar refractivity (Wildman–Crippen MR) is 62.1 cm³/mol. The highest BCUT2D eigenvalue weighted by molar-refractivity contribution is 5.73. The van der Waals surface area contributed by atoms with Gasteiger partial charge >= 0.3 is 5.97 Å². The van der Waals surface area contributed by atoms with Crippen LogP contribution in [0.15, 0.2) is 0 Å². The maximum absolute atomic E-state index is 11.0. The number of hydrogen-bond acceptors (Lipinski definition) is 3. The van der Waals surface area contributed by atoms with Gasteiger partial charge in [-0.3, -0.25) is 4.79 Å².